The van der Waals surface area contributed by atoms with E-state index in [1.165, 1.54) is 10.5 Å². The Labute approximate surface area is 129 Å². The molecule has 1 aromatic rings. The maximum absolute atomic E-state index is 11.6. The minimum absolute atomic E-state index is 0.101. The SMILES string of the molecule is CC(C)NC(=O)CCNC1CCSc2ccc(Cl)cc21. The van der Waals surface area contributed by atoms with E-state index in [4.69, 9.17) is 11.6 Å². The number of carbonyl (C=O) groups is 1. The maximum atomic E-state index is 11.6. The predicted octanol–water partition coefficient (Wildman–Crippen LogP) is 3.38. The molecule has 0 aromatic heterocycles. The van der Waals surface area contributed by atoms with Crippen molar-refractivity contribution in [2.24, 2.45) is 0 Å². The van der Waals surface area contributed by atoms with E-state index in [1.54, 1.807) is 0 Å². The summed E-state index contributed by atoms with van der Waals surface area (Å²) in [6, 6.07) is 6.56. The van der Waals surface area contributed by atoms with Crippen molar-refractivity contribution in [3.8, 4) is 0 Å². The van der Waals surface area contributed by atoms with Crippen LogP contribution in [0.5, 0.6) is 0 Å². The van der Waals surface area contributed by atoms with E-state index in [-0.39, 0.29) is 11.9 Å². The van der Waals surface area contributed by atoms with Gasteiger partial charge in [0.1, 0.15) is 0 Å². The molecule has 20 heavy (non-hydrogen) atoms. The van der Waals surface area contributed by atoms with Crippen LogP contribution in [0.25, 0.3) is 0 Å². The molecule has 0 radical (unpaired) electrons. The molecule has 2 N–H and O–H groups in total. The van der Waals surface area contributed by atoms with E-state index >= 15 is 0 Å². The molecule has 1 amide bonds. The molecule has 1 aromatic carbocycles. The van der Waals surface area contributed by atoms with Crippen molar-refractivity contribution in [2.45, 2.75) is 43.7 Å². The summed E-state index contributed by atoms with van der Waals surface area (Å²) in [6.07, 6.45) is 1.58. The molecular formula is C15H21ClN2OS. The molecule has 3 nitrogen and oxygen atoms in total. The molecule has 0 aliphatic carbocycles. The molecule has 1 heterocycles. The average Bonchev–Trinajstić information content (AvgIpc) is 2.38. The first-order chi connectivity index (χ1) is 9.56. The lowest BCUT2D eigenvalue weighted by Crippen LogP contribution is -2.34. The van der Waals surface area contributed by atoms with E-state index in [9.17, 15) is 4.79 Å². The number of benzene rings is 1. The second-order valence-corrected chi connectivity index (χ2v) is 6.87. The minimum Gasteiger partial charge on any atom is -0.354 e. The highest BCUT2D eigenvalue weighted by molar-refractivity contribution is 7.99. The van der Waals surface area contributed by atoms with Gasteiger partial charge in [-0.3, -0.25) is 4.79 Å². The third-order valence-electron chi connectivity index (χ3n) is 3.20. The second-order valence-electron chi connectivity index (χ2n) is 5.30. The van der Waals surface area contributed by atoms with Gasteiger partial charge in [-0.25, -0.2) is 0 Å². The zero-order valence-electron chi connectivity index (χ0n) is 11.9. The number of carbonyl (C=O) groups excluding carboxylic acids is 1. The minimum atomic E-state index is 0.101. The van der Waals surface area contributed by atoms with Gasteiger partial charge < -0.3 is 10.6 Å². The Balaban J connectivity index is 1.89. The fraction of sp³-hybridized carbons (Fsp3) is 0.533. The Bertz CT molecular complexity index is 479. The van der Waals surface area contributed by atoms with Crippen molar-refractivity contribution in [2.75, 3.05) is 12.3 Å². The third-order valence-corrected chi connectivity index (χ3v) is 4.56. The first-order valence-electron chi connectivity index (χ1n) is 7.01. The largest absolute Gasteiger partial charge is 0.354 e. The van der Waals surface area contributed by atoms with Crippen molar-refractivity contribution < 1.29 is 4.79 Å². The Morgan fingerprint density at radius 2 is 2.30 bits per heavy atom. The summed E-state index contributed by atoms with van der Waals surface area (Å²) in [7, 11) is 0. The molecule has 0 saturated heterocycles. The number of halogens is 1. The maximum Gasteiger partial charge on any atom is 0.221 e. The van der Waals surface area contributed by atoms with Crippen LogP contribution in [-0.4, -0.2) is 24.2 Å². The standard InChI is InChI=1S/C15H21ClN2OS/c1-10(2)18-15(19)5-7-17-13-6-8-20-14-4-3-11(16)9-12(13)14/h3-4,9-10,13,17H,5-8H2,1-2H3,(H,18,19). The van der Waals surface area contributed by atoms with E-state index in [0.717, 1.165) is 17.2 Å². The summed E-state index contributed by atoms with van der Waals surface area (Å²) in [6.45, 7) is 4.64. The number of hydrogen-bond acceptors (Lipinski definition) is 3. The van der Waals surface area contributed by atoms with Gasteiger partial charge in [-0.1, -0.05) is 11.6 Å². The number of rotatable bonds is 5. The van der Waals surface area contributed by atoms with Crippen LogP contribution in [0.15, 0.2) is 23.1 Å². The monoisotopic (exact) mass is 312 g/mol. The number of hydrogen-bond donors (Lipinski definition) is 2. The lowest BCUT2D eigenvalue weighted by Gasteiger charge is -2.26. The Morgan fingerprint density at radius 3 is 3.05 bits per heavy atom. The van der Waals surface area contributed by atoms with E-state index in [1.807, 2.05) is 37.7 Å². The van der Waals surface area contributed by atoms with Crippen LogP contribution in [0.1, 0.15) is 38.3 Å². The molecular weight excluding hydrogens is 292 g/mol. The molecule has 0 saturated carbocycles. The highest BCUT2D eigenvalue weighted by Gasteiger charge is 2.20. The summed E-state index contributed by atoms with van der Waals surface area (Å²) in [5.74, 6) is 1.20. The fourth-order valence-electron chi connectivity index (χ4n) is 2.33. The summed E-state index contributed by atoms with van der Waals surface area (Å²) in [5, 5.41) is 7.15. The van der Waals surface area contributed by atoms with Gasteiger partial charge in [0.05, 0.1) is 0 Å². The highest BCUT2D eigenvalue weighted by atomic mass is 35.5. The molecule has 1 unspecified atom stereocenters. The van der Waals surface area contributed by atoms with Crippen molar-refractivity contribution in [3.63, 3.8) is 0 Å². The summed E-state index contributed by atoms with van der Waals surface area (Å²) in [5.41, 5.74) is 1.26. The molecule has 1 aliphatic heterocycles. The lowest BCUT2D eigenvalue weighted by atomic mass is 10.0. The molecule has 0 bridgehead atoms. The molecule has 1 aliphatic rings. The van der Waals surface area contributed by atoms with Crippen LogP contribution in [0.3, 0.4) is 0 Å². The number of fused-ring (bicyclic) bond motifs is 1. The summed E-state index contributed by atoms with van der Waals surface area (Å²) in [4.78, 5) is 12.9. The number of amides is 1. The van der Waals surface area contributed by atoms with Crippen molar-refractivity contribution in [1.29, 1.82) is 0 Å². The van der Waals surface area contributed by atoms with Gasteiger partial charge in [0, 0.05) is 35.0 Å². The first-order valence-corrected chi connectivity index (χ1v) is 8.37. The van der Waals surface area contributed by atoms with E-state index < -0.39 is 0 Å². The molecule has 5 heteroatoms. The van der Waals surface area contributed by atoms with Crippen molar-refractivity contribution in [1.82, 2.24) is 10.6 Å². The number of nitrogens with one attached hydrogen (secondary N) is 2. The van der Waals surface area contributed by atoms with Gasteiger partial charge in [-0.2, -0.15) is 0 Å². The Morgan fingerprint density at radius 1 is 1.50 bits per heavy atom. The van der Waals surface area contributed by atoms with E-state index in [2.05, 4.69) is 16.7 Å². The van der Waals surface area contributed by atoms with Crippen LogP contribution in [0.2, 0.25) is 5.02 Å². The van der Waals surface area contributed by atoms with Gasteiger partial charge in [0.2, 0.25) is 5.91 Å². The average molecular weight is 313 g/mol. The predicted molar refractivity (Wildman–Crippen MR) is 85.4 cm³/mol. The first kappa shape index (κ1) is 15.7. The van der Waals surface area contributed by atoms with Gasteiger partial charge in [-0.05, 0) is 49.8 Å². The zero-order valence-corrected chi connectivity index (χ0v) is 13.5. The van der Waals surface area contributed by atoms with Gasteiger partial charge in [0.15, 0.2) is 0 Å². The van der Waals surface area contributed by atoms with Crippen molar-refractivity contribution in [3.05, 3.63) is 28.8 Å². The summed E-state index contributed by atoms with van der Waals surface area (Å²) >= 11 is 7.95. The lowest BCUT2D eigenvalue weighted by molar-refractivity contribution is -0.121. The van der Waals surface area contributed by atoms with Crippen LogP contribution in [0.4, 0.5) is 0 Å². The van der Waals surface area contributed by atoms with Gasteiger partial charge in [-0.15, -0.1) is 11.8 Å². The zero-order chi connectivity index (χ0) is 14.5. The Kier molecular flexibility index (Phi) is 5.75. The third kappa shape index (κ3) is 4.40. The van der Waals surface area contributed by atoms with Crippen LogP contribution in [0, 0.1) is 0 Å². The smallest absolute Gasteiger partial charge is 0.221 e. The van der Waals surface area contributed by atoms with Crippen LogP contribution in [-0.2, 0) is 4.79 Å². The topological polar surface area (TPSA) is 41.1 Å². The Hall–Kier alpha value is -0.710. The molecule has 1 atom stereocenters. The normalized spacial score (nSPS) is 17.9. The van der Waals surface area contributed by atoms with Crippen LogP contribution < -0.4 is 10.6 Å². The molecule has 0 fully saturated rings. The molecule has 2 rings (SSSR count). The highest BCUT2D eigenvalue weighted by Crippen LogP contribution is 2.37. The second kappa shape index (κ2) is 7.34. The summed E-state index contributed by atoms with van der Waals surface area (Å²) < 4.78 is 0. The fourth-order valence-corrected chi connectivity index (χ4v) is 3.62. The number of thioether (sulfide) groups is 1. The molecule has 0 spiro atoms. The van der Waals surface area contributed by atoms with Crippen molar-refractivity contribution >= 4 is 29.3 Å². The quantitative estimate of drug-likeness (QED) is 0.875. The van der Waals surface area contributed by atoms with Crippen LogP contribution >= 0.6 is 23.4 Å². The van der Waals surface area contributed by atoms with Gasteiger partial charge >= 0.3 is 0 Å². The van der Waals surface area contributed by atoms with E-state index in [0.29, 0.717) is 19.0 Å². The van der Waals surface area contributed by atoms with Gasteiger partial charge in [0.25, 0.3) is 0 Å². The molecule has 110 valence electrons.